The fourth-order valence-electron chi connectivity index (χ4n) is 5.50. The van der Waals surface area contributed by atoms with Crippen LogP contribution in [0.25, 0.3) is 22.3 Å². The quantitative estimate of drug-likeness (QED) is 0.127. The van der Waals surface area contributed by atoms with E-state index in [1.807, 2.05) is 0 Å². The van der Waals surface area contributed by atoms with Gasteiger partial charge in [0.2, 0.25) is 0 Å². The van der Waals surface area contributed by atoms with E-state index in [0.717, 1.165) is 26.2 Å². The third-order valence-electron chi connectivity index (χ3n) is 8.09. The van der Waals surface area contributed by atoms with E-state index in [0.29, 0.717) is 13.1 Å². The van der Waals surface area contributed by atoms with Gasteiger partial charge in [-0.05, 0) is 35.1 Å². The van der Waals surface area contributed by atoms with E-state index in [4.69, 9.17) is 11.5 Å². The number of hydrogen-bond acceptors (Lipinski definition) is 2. The van der Waals surface area contributed by atoms with Gasteiger partial charge < -0.3 is 11.5 Å². The standard InChI is InChI=1S/C36H52N6/c37-19-31-41-27-15-35(16-28-41)33-11-23-39(24-12-33)21-9-7-5-3-1-2-4-6-8-10-22-40-25-13-34(14-26-40)36-17-29-42(30-18-36)32-20-38/h11-18,23-30H,1-10,19-22,31-32,37-38H2/q+4. The van der Waals surface area contributed by atoms with Gasteiger partial charge in [0.25, 0.3) is 0 Å². The van der Waals surface area contributed by atoms with Crippen LogP contribution < -0.4 is 29.7 Å². The first kappa shape index (κ1) is 31.5. The Labute approximate surface area is 253 Å². The first-order valence-corrected chi connectivity index (χ1v) is 16.1. The van der Waals surface area contributed by atoms with E-state index in [2.05, 4.69) is 116 Å². The zero-order valence-electron chi connectivity index (χ0n) is 25.5. The van der Waals surface area contributed by atoms with Gasteiger partial charge in [0.05, 0.1) is 13.1 Å². The monoisotopic (exact) mass is 568 g/mol. The first-order chi connectivity index (χ1) is 20.7. The molecule has 0 amide bonds. The molecule has 0 aliphatic carbocycles. The Kier molecular flexibility index (Phi) is 13.6. The lowest BCUT2D eigenvalue weighted by atomic mass is 10.1. The summed E-state index contributed by atoms with van der Waals surface area (Å²) in [6.07, 6.45) is 30.7. The summed E-state index contributed by atoms with van der Waals surface area (Å²) in [6.45, 7) is 5.26. The molecule has 4 rings (SSSR count). The molecule has 4 aromatic rings. The summed E-state index contributed by atoms with van der Waals surface area (Å²) < 4.78 is 8.88. The molecule has 0 aliphatic heterocycles. The maximum absolute atomic E-state index is 5.64. The van der Waals surface area contributed by atoms with Crippen molar-refractivity contribution < 1.29 is 18.3 Å². The molecule has 0 atom stereocenters. The number of unbranched alkanes of at least 4 members (excludes halogenated alkanes) is 9. The summed E-state index contributed by atoms with van der Waals surface area (Å²) in [5.41, 5.74) is 16.3. The fraction of sp³-hybridized carbons (Fsp3) is 0.444. The lowest BCUT2D eigenvalue weighted by molar-refractivity contribution is -0.697. The van der Waals surface area contributed by atoms with Crippen LogP contribution in [0.2, 0.25) is 0 Å². The van der Waals surface area contributed by atoms with Crippen molar-refractivity contribution >= 4 is 0 Å². The molecule has 0 fully saturated rings. The van der Waals surface area contributed by atoms with Crippen LogP contribution in [0.15, 0.2) is 98.1 Å². The van der Waals surface area contributed by atoms with Gasteiger partial charge in [-0.3, -0.25) is 0 Å². The van der Waals surface area contributed by atoms with Crippen molar-refractivity contribution in [1.82, 2.24) is 0 Å². The second-order valence-corrected chi connectivity index (χ2v) is 11.4. The molecule has 0 spiro atoms. The number of rotatable bonds is 19. The van der Waals surface area contributed by atoms with Crippen molar-refractivity contribution in [2.24, 2.45) is 11.5 Å². The maximum atomic E-state index is 5.64. The zero-order chi connectivity index (χ0) is 29.2. The molecule has 6 heteroatoms. The predicted octanol–water partition coefficient (Wildman–Crippen LogP) is 4.69. The average Bonchev–Trinajstić information content (AvgIpc) is 3.03. The second-order valence-electron chi connectivity index (χ2n) is 11.4. The molecule has 0 saturated heterocycles. The van der Waals surface area contributed by atoms with Gasteiger partial charge in [0, 0.05) is 61.4 Å². The van der Waals surface area contributed by atoms with Crippen LogP contribution in [0.5, 0.6) is 0 Å². The topological polar surface area (TPSA) is 67.6 Å². The third kappa shape index (κ3) is 10.7. The number of nitrogens with two attached hydrogens (primary N) is 2. The van der Waals surface area contributed by atoms with Gasteiger partial charge in [-0.25, -0.2) is 18.3 Å². The van der Waals surface area contributed by atoms with E-state index in [1.54, 1.807) is 0 Å². The average molecular weight is 569 g/mol. The Bertz CT molecular complexity index is 1170. The molecule has 6 nitrogen and oxygen atoms in total. The van der Waals surface area contributed by atoms with E-state index in [1.165, 1.54) is 86.5 Å². The van der Waals surface area contributed by atoms with E-state index < -0.39 is 0 Å². The Morgan fingerprint density at radius 1 is 0.310 bits per heavy atom. The fourth-order valence-corrected chi connectivity index (χ4v) is 5.50. The molecule has 0 aromatic carbocycles. The number of pyridine rings is 4. The van der Waals surface area contributed by atoms with E-state index in [9.17, 15) is 0 Å². The Morgan fingerprint density at radius 2 is 0.524 bits per heavy atom. The van der Waals surface area contributed by atoms with Crippen LogP contribution in [0.4, 0.5) is 0 Å². The van der Waals surface area contributed by atoms with E-state index in [-0.39, 0.29) is 0 Å². The molecule has 222 valence electrons. The number of hydrogen-bond donors (Lipinski definition) is 2. The Morgan fingerprint density at radius 3 is 0.762 bits per heavy atom. The summed E-state index contributed by atoms with van der Waals surface area (Å²) in [7, 11) is 0. The third-order valence-corrected chi connectivity index (χ3v) is 8.09. The van der Waals surface area contributed by atoms with Gasteiger partial charge in [-0.15, -0.1) is 0 Å². The van der Waals surface area contributed by atoms with Crippen molar-refractivity contribution in [2.75, 3.05) is 13.1 Å². The molecule has 0 unspecified atom stereocenters. The summed E-state index contributed by atoms with van der Waals surface area (Å²) in [5, 5.41) is 0. The summed E-state index contributed by atoms with van der Waals surface area (Å²) in [4.78, 5) is 0. The molecule has 0 aliphatic rings. The van der Waals surface area contributed by atoms with Gasteiger partial charge in [0.15, 0.2) is 62.7 Å². The summed E-state index contributed by atoms with van der Waals surface area (Å²) in [5.74, 6) is 0. The highest BCUT2D eigenvalue weighted by molar-refractivity contribution is 5.61. The summed E-state index contributed by atoms with van der Waals surface area (Å²) >= 11 is 0. The maximum Gasteiger partial charge on any atom is 0.169 e. The largest absolute Gasteiger partial charge is 0.325 e. The highest BCUT2D eigenvalue weighted by Crippen LogP contribution is 2.17. The van der Waals surface area contributed by atoms with Crippen LogP contribution in [0, 0.1) is 0 Å². The molecule has 0 bridgehead atoms. The molecule has 42 heavy (non-hydrogen) atoms. The Balaban J connectivity index is 0.986. The van der Waals surface area contributed by atoms with Crippen LogP contribution in [0.3, 0.4) is 0 Å². The van der Waals surface area contributed by atoms with Crippen molar-refractivity contribution in [1.29, 1.82) is 0 Å². The van der Waals surface area contributed by atoms with Crippen molar-refractivity contribution in [3.63, 3.8) is 0 Å². The van der Waals surface area contributed by atoms with Crippen molar-refractivity contribution in [3.8, 4) is 22.3 Å². The minimum atomic E-state index is 0.666. The van der Waals surface area contributed by atoms with Gasteiger partial charge in [-0.2, -0.15) is 0 Å². The van der Waals surface area contributed by atoms with Crippen LogP contribution in [-0.2, 0) is 26.2 Å². The van der Waals surface area contributed by atoms with Crippen molar-refractivity contribution in [2.45, 2.75) is 90.4 Å². The lowest BCUT2D eigenvalue weighted by Crippen LogP contribution is -2.36. The smallest absolute Gasteiger partial charge is 0.169 e. The molecular formula is C36H52N6+4. The van der Waals surface area contributed by atoms with Crippen LogP contribution in [0.1, 0.15) is 64.2 Å². The second kappa shape index (κ2) is 18.1. The van der Waals surface area contributed by atoms with Crippen LogP contribution in [-0.4, -0.2) is 13.1 Å². The first-order valence-electron chi connectivity index (χ1n) is 16.1. The highest BCUT2D eigenvalue weighted by Gasteiger charge is 2.07. The zero-order valence-corrected chi connectivity index (χ0v) is 25.5. The van der Waals surface area contributed by atoms with Gasteiger partial charge in [0.1, 0.15) is 13.1 Å². The van der Waals surface area contributed by atoms with Gasteiger partial charge >= 0.3 is 0 Å². The SMILES string of the molecule is NCC[n+]1ccc(-c2cc[n+](CCCCCCCCCCCC[n+]3ccc(-c4cc[n+](CCN)cc4)cc3)cc2)cc1. The van der Waals surface area contributed by atoms with E-state index >= 15 is 0 Å². The highest BCUT2D eigenvalue weighted by atomic mass is 14.9. The Hall–Kier alpha value is -3.48. The lowest BCUT2D eigenvalue weighted by Gasteiger charge is -2.03. The molecular weight excluding hydrogens is 516 g/mol. The molecule has 0 radical (unpaired) electrons. The molecule has 0 saturated carbocycles. The van der Waals surface area contributed by atoms with Crippen molar-refractivity contribution in [3.05, 3.63) is 98.1 Å². The number of aromatic nitrogens is 4. The molecule has 4 N–H and O–H groups in total. The van der Waals surface area contributed by atoms with Crippen LogP contribution >= 0.6 is 0 Å². The van der Waals surface area contributed by atoms with Gasteiger partial charge in [-0.1, -0.05) is 38.5 Å². The minimum Gasteiger partial charge on any atom is -0.325 e. The molecule has 4 heterocycles. The molecule has 4 aromatic heterocycles. The normalized spacial score (nSPS) is 11.2. The predicted molar refractivity (Wildman–Crippen MR) is 169 cm³/mol. The summed E-state index contributed by atoms with van der Waals surface area (Å²) in [6, 6.07) is 17.6. The number of nitrogens with zero attached hydrogens (tertiary/aromatic N) is 4. The minimum absolute atomic E-state index is 0.666. The number of aryl methyl sites for hydroxylation is 2.